The highest BCUT2D eigenvalue weighted by atomic mass is 32.1. The van der Waals surface area contributed by atoms with Crippen molar-refractivity contribution in [3.8, 4) is 0 Å². The summed E-state index contributed by atoms with van der Waals surface area (Å²) in [6.07, 6.45) is 3.36. The van der Waals surface area contributed by atoms with Crippen LogP contribution in [-0.4, -0.2) is 16.1 Å². The highest BCUT2D eigenvalue weighted by Crippen LogP contribution is 2.24. The summed E-state index contributed by atoms with van der Waals surface area (Å²) in [7, 11) is 0. The van der Waals surface area contributed by atoms with Crippen molar-refractivity contribution in [2.75, 3.05) is 0 Å². The Morgan fingerprint density at radius 1 is 1.60 bits per heavy atom. The molecule has 3 nitrogen and oxygen atoms in total. The average molecular weight is 225 g/mol. The van der Waals surface area contributed by atoms with Crippen LogP contribution in [0.25, 0.3) is 0 Å². The maximum atomic E-state index is 10.3. The molecule has 0 saturated carbocycles. The summed E-state index contributed by atoms with van der Waals surface area (Å²) in [5.74, 6) is -0.914. The number of aliphatic carboxylic acids is 1. The van der Waals surface area contributed by atoms with Gasteiger partial charge in [0, 0.05) is 23.3 Å². The molecule has 1 rings (SSSR count). The standard InChI is InChI=1S/C11H15NO2S/c1-11(2,3)8-7-15-9(12-8)5-4-6-10(13)14/h4,6-7H,5H2,1-3H3,(H,13,14). The van der Waals surface area contributed by atoms with Crippen LogP contribution >= 0.6 is 11.3 Å². The lowest BCUT2D eigenvalue weighted by atomic mass is 9.93. The molecule has 1 aromatic heterocycles. The third kappa shape index (κ3) is 3.83. The summed E-state index contributed by atoms with van der Waals surface area (Å²) in [4.78, 5) is 14.7. The molecule has 0 unspecified atom stereocenters. The summed E-state index contributed by atoms with van der Waals surface area (Å²) in [6, 6.07) is 0. The molecule has 0 bridgehead atoms. The van der Waals surface area contributed by atoms with Gasteiger partial charge in [0.15, 0.2) is 0 Å². The zero-order valence-corrected chi connectivity index (χ0v) is 9.97. The smallest absolute Gasteiger partial charge is 0.327 e. The van der Waals surface area contributed by atoms with Gasteiger partial charge in [-0.05, 0) is 0 Å². The minimum atomic E-state index is -0.914. The lowest BCUT2D eigenvalue weighted by Gasteiger charge is -2.14. The summed E-state index contributed by atoms with van der Waals surface area (Å²) < 4.78 is 0. The van der Waals surface area contributed by atoms with E-state index in [9.17, 15) is 4.79 Å². The van der Waals surface area contributed by atoms with E-state index in [0.29, 0.717) is 6.42 Å². The molecular weight excluding hydrogens is 210 g/mol. The molecule has 0 spiro atoms. The predicted octanol–water partition coefficient (Wildman–Crippen LogP) is 2.62. The molecular formula is C11H15NO2S. The van der Waals surface area contributed by atoms with Crippen molar-refractivity contribution in [3.05, 3.63) is 28.2 Å². The number of carboxylic acids is 1. The Hall–Kier alpha value is -1.16. The first kappa shape index (κ1) is 11.9. The Labute approximate surface area is 93.5 Å². The summed E-state index contributed by atoms with van der Waals surface area (Å²) in [5.41, 5.74) is 1.12. The Morgan fingerprint density at radius 3 is 2.73 bits per heavy atom. The molecule has 0 aliphatic carbocycles. The van der Waals surface area contributed by atoms with Crippen LogP contribution in [0.4, 0.5) is 0 Å². The van der Waals surface area contributed by atoms with E-state index in [2.05, 4.69) is 25.8 Å². The van der Waals surface area contributed by atoms with Gasteiger partial charge in [-0.15, -0.1) is 11.3 Å². The van der Waals surface area contributed by atoms with Crippen molar-refractivity contribution in [2.24, 2.45) is 0 Å². The molecule has 0 amide bonds. The van der Waals surface area contributed by atoms with Gasteiger partial charge in [-0.2, -0.15) is 0 Å². The number of allylic oxidation sites excluding steroid dienone is 1. The van der Waals surface area contributed by atoms with Crippen LogP contribution in [0.1, 0.15) is 31.5 Å². The second-order valence-corrected chi connectivity index (χ2v) is 5.26. The molecule has 0 atom stereocenters. The van der Waals surface area contributed by atoms with Gasteiger partial charge in [-0.25, -0.2) is 9.78 Å². The van der Waals surface area contributed by atoms with Gasteiger partial charge in [0.2, 0.25) is 0 Å². The monoisotopic (exact) mass is 225 g/mol. The van der Waals surface area contributed by atoms with Crippen LogP contribution in [0.3, 0.4) is 0 Å². The van der Waals surface area contributed by atoms with Gasteiger partial charge in [-0.3, -0.25) is 0 Å². The van der Waals surface area contributed by atoms with Crippen LogP contribution < -0.4 is 0 Å². The van der Waals surface area contributed by atoms with Gasteiger partial charge in [0.1, 0.15) is 0 Å². The minimum absolute atomic E-state index is 0.0608. The molecule has 82 valence electrons. The third-order valence-electron chi connectivity index (χ3n) is 1.87. The van der Waals surface area contributed by atoms with Gasteiger partial charge >= 0.3 is 5.97 Å². The highest BCUT2D eigenvalue weighted by Gasteiger charge is 2.16. The van der Waals surface area contributed by atoms with Crippen LogP contribution in [0.5, 0.6) is 0 Å². The normalized spacial score (nSPS) is 12.2. The molecule has 0 aliphatic heterocycles. The Kier molecular flexibility index (Phi) is 3.63. The van der Waals surface area contributed by atoms with Crippen molar-refractivity contribution < 1.29 is 9.90 Å². The molecule has 15 heavy (non-hydrogen) atoms. The molecule has 0 fully saturated rings. The van der Waals surface area contributed by atoms with Gasteiger partial charge in [-0.1, -0.05) is 26.8 Å². The second kappa shape index (κ2) is 4.57. The first-order valence-corrected chi connectivity index (χ1v) is 5.62. The van der Waals surface area contributed by atoms with Crippen molar-refractivity contribution in [3.63, 3.8) is 0 Å². The van der Waals surface area contributed by atoms with Crippen molar-refractivity contribution in [2.45, 2.75) is 32.6 Å². The van der Waals surface area contributed by atoms with E-state index in [4.69, 9.17) is 5.11 Å². The van der Waals surface area contributed by atoms with Gasteiger partial charge in [0.05, 0.1) is 10.7 Å². The van der Waals surface area contributed by atoms with Crippen LogP contribution in [0.2, 0.25) is 0 Å². The molecule has 1 aromatic rings. The number of carbonyl (C=O) groups is 1. The maximum absolute atomic E-state index is 10.3. The lowest BCUT2D eigenvalue weighted by molar-refractivity contribution is -0.131. The first-order valence-electron chi connectivity index (χ1n) is 4.74. The highest BCUT2D eigenvalue weighted by molar-refractivity contribution is 7.09. The topological polar surface area (TPSA) is 50.2 Å². The summed E-state index contributed by atoms with van der Waals surface area (Å²) >= 11 is 1.57. The van der Waals surface area contributed by atoms with Crippen molar-refractivity contribution in [1.29, 1.82) is 0 Å². The maximum Gasteiger partial charge on any atom is 0.327 e. The van der Waals surface area contributed by atoms with Gasteiger partial charge in [0.25, 0.3) is 0 Å². The van der Waals surface area contributed by atoms with Crippen LogP contribution in [-0.2, 0) is 16.6 Å². The number of thiazole rings is 1. The number of nitrogens with zero attached hydrogens (tertiary/aromatic N) is 1. The number of aromatic nitrogens is 1. The number of hydrogen-bond acceptors (Lipinski definition) is 3. The SMILES string of the molecule is CC(C)(C)c1csc(CC=CC(=O)O)n1. The minimum Gasteiger partial charge on any atom is -0.478 e. The molecule has 4 heteroatoms. The molecule has 1 heterocycles. The molecule has 1 N–H and O–H groups in total. The Balaban J connectivity index is 2.65. The van der Waals surface area contributed by atoms with E-state index < -0.39 is 5.97 Å². The summed E-state index contributed by atoms with van der Waals surface area (Å²) in [6.45, 7) is 6.33. The van der Waals surface area contributed by atoms with E-state index in [1.807, 2.05) is 5.38 Å². The fourth-order valence-corrected chi connectivity index (χ4v) is 2.01. The molecule has 0 aromatic carbocycles. The van der Waals surface area contributed by atoms with E-state index in [0.717, 1.165) is 16.8 Å². The predicted molar refractivity (Wildman–Crippen MR) is 61.3 cm³/mol. The van der Waals surface area contributed by atoms with E-state index >= 15 is 0 Å². The van der Waals surface area contributed by atoms with Gasteiger partial charge < -0.3 is 5.11 Å². The number of hydrogen-bond donors (Lipinski definition) is 1. The van der Waals surface area contributed by atoms with Crippen LogP contribution in [0, 0.1) is 0 Å². The zero-order valence-electron chi connectivity index (χ0n) is 9.15. The third-order valence-corrected chi connectivity index (χ3v) is 2.74. The number of carboxylic acid groups (broad SMARTS) is 1. The second-order valence-electron chi connectivity index (χ2n) is 4.32. The van der Waals surface area contributed by atoms with E-state index in [-0.39, 0.29) is 5.41 Å². The van der Waals surface area contributed by atoms with E-state index in [1.54, 1.807) is 17.4 Å². The van der Waals surface area contributed by atoms with Crippen molar-refractivity contribution in [1.82, 2.24) is 4.98 Å². The Morgan fingerprint density at radius 2 is 2.27 bits per heavy atom. The molecule has 0 aliphatic rings. The quantitative estimate of drug-likeness (QED) is 0.804. The van der Waals surface area contributed by atoms with Crippen LogP contribution in [0.15, 0.2) is 17.5 Å². The lowest BCUT2D eigenvalue weighted by Crippen LogP contribution is -2.11. The Bertz CT molecular complexity index is 374. The van der Waals surface area contributed by atoms with Crippen molar-refractivity contribution >= 4 is 17.3 Å². The van der Waals surface area contributed by atoms with E-state index in [1.165, 1.54) is 0 Å². The fraction of sp³-hybridized carbons (Fsp3) is 0.455. The zero-order chi connectivity index (χ0) is 11.5. The molecule has 0 saturated heterocycles. The fourth-order valence-electron chi connectivity index (χ4n) is 1.01. The largest absolute Gasteiger partial charge is 0.478 e. The summed E-state index contributed by atoms with van der Waals surface area (Å²) in [5, 5.41) is 11.4. The number of rotatable bonds is 3. The first-order chi connectivity index (χ1) is 6.89. The molecule has 0 radical (unpaired) electrons. The average Bonchev–Trinajstić information content (AvgIpc) is 2.51.